The van der Waals surface area contributed by atoms with Gasteiger partial charge < -0.3 is 21.1 Å². The van der Waals surface area contributed by atoms with Crippen molar-refractivity contribution >= 4 is 33.9 Å². The molecule has 20 heavy (non-hydrogen) atoms. The molecule has 6 nitrogen and oxygen atoms in total. The molecular formula is C13H19N3O3S. The fourth-order valence-electron chi connectivity index (χ4n) is 1.55. The maximum absolute atomic E-state index is 12.0. The Bertz CT molecular complexity index is 511. The minimum atomic E-state index is -0.539. The molecule has 0 fully saturated rings. The van der Waals surface area contributed by atoms with Gasteiger partial charge in [0.2, 0.25) is 0 Å². The Balaban J connectivity index is 3.19. The average Bonchev–Trinajstić information content (AvgIpc) is 2.74. The van der Waals surface area contributed by atoms with Gasteiger partial charge >= 0.3 is 5.97 Å². The van der Waals surface area contributed by atoms with Crippen LogP contribution in [0.25, 0.3) is 0 Å². The van der Waals surface area contributed by atoms with Crippen LogP contribution in [0, 0.1) is 0 Å². The highest BCUT2D eigenvalue weighted by atomic mass is 32.1. The Labute approximate surface area is 122 Å². The van der Waals surface area contributed by atoms with Crippen molar-refractivity contribution in [3.63, 3.8) is 0 Å². The molecule has 0 atom stereocenters. The minimum absolute atomic E-state index is 0.144. The zero-order valence-electron chi connectivity index (χ0n) is 11.6. The van der Waals surface area contributed by atoms with Crippen LogP contribution in [0.5, 0.6) is 0 Å². The normalized spacial score (nSPS) is 9.90. The number of hydrogen-bond acceptors (Lipinski definition) is 6. The average molecular weight is 297 g/mol. The highest BCUT2D eigenvalue weighted by Crippen LogP contribution is 2.36. The molecule has 4 N–H and O–H groups in total. The lowest BCUT2D eigenvalue weighted by molar-refractivity contribution is 0.0529. The Hall–Kier alpha value is -2.02. The SMILES string of the molecule is C=CCNc1sc(C(=O)NCC)c(N)c1C(=O)OCC. The van der Waals surface area contributed by atoms with Crippen LogP contribution in [-0.2, 0) is 4.74 Å². The fraction of sp³-hybridized carbons (Fsp3) is 0.385. The molecule has 0 saturated heterocycles. The first-order valence-corrected chi connectivity index (χ1v) is 7.10. The van der Waals surface area contributed by atoms with E-state index in [1.54, 1.807) is 13.0 Å². The van der Waals surface area contributed by atoms with Crippen molar-refractivity contribution < 1.29 is 14.3 Å². The molecule has 0 radical (unpaired) electrons. The first kappa shape index (κ1) is 16.0. The topological polar surface area (TPSA) is 93.5 Å². The summed E-state index contributed by atoms with van der Waals surface area (Å²) in [6.45, 7) is 8.30. The van der Waals surface area contributed by atoms with Crippen LogP contribution in [0.2, 0.25) is 0 Å². The van der Waals surface area contributed by atoms with Crippen LogP contribution < -0.4 is 16.4 Å². The number of carbonyl (C=O) groups excluding carboxylic acids is 2. The van der Waals surface area contributed by atoms with Gasteiger partial charge in [-0.3, -0.25) is 4.79 Å². The molecule has 0 aliphatic heterocycles. The van der Waals surface area contributed by atoms with Crippen LogP contribution >= 0.6 is 11.3 Å². The third kappa shape index (κ3) is 3.51. The number of amides is 1. The largest absolute Gasteiger partial charge is 0.462 e. The third-order valence-electron chi connectivity index (χ3n) is 2.38. The van der Waals surface area contributed by atoms with Crippen LogP contribution in [0.15, 0.2) is 12.7 Å². The van der Waals surface area contributed by atoms with Crippen molar-refractivity contribution in [2.75, 3.05) is 30.7 Å². The molecule has 0 unspecified atom stereocenters. The van der Waals surface area contributed by atoms with E-state index in [1.807, 2.05) is 6.92 Å². The lowest BCUT2D eigenvalue weighted by Gasteiger charge is -2.05. The Morgan fingerprint density at radius 1 is 1.45 bits per heavy atom. The summed E-state index contributed by atoms with van der Waals surface area (Å²) >= 11 is 1.13. The van der Waals surface area contributed by atoms with Crippen LogP contribution in [-0.4, -0.2) is 31.6 Å². The number of ether oxygens (including phenoxy) is 1. The van der Waals surface area contributed by atoms with E-state index >= 15 is 0 Å². The van der Waals surface area contributed by atoms with Crippen molar-refractivity contribution in [3.8, 4) is 0 Å². The minimum Gasteiger partial charge on any atom is -0.462 e. The van der Waals surface area contributed by atoms with Gasteiger partial charge in [0.15, 0.2) is 0 Å². The third-order valence-corrected chi connectivity index (χ3v) is 3.54. The molecule has 0 bridgehead atoms. The maximum Gasteiger partial charge on any atom is 0.343 e. The zero-order valence-corrected chi connectivity index (χ0v) is 12.4. The van der Waals surface area contributed by atoms with E-state index in [-0.39, 0.29) is 23.8 Å². The van der Waals surface area contributed by atoms with Gasteiger partial charge in [0.1, 0.15) is 15.4 Å². The van der Waals surface area contributed by atoms with Gasteiger partial charge in [-0.15, -0.1) is 17.9 Å². The summed E-state index contributed by atoms with van der Waals surface area (Å²) in [5.74, 6) is -0.837. The van der Waals surface area contributed by atoms with Gasteiger partial charge in [0, 0.05) is 13.1 Å². The molecule has 110 valence electrons. The summed E-state index contributed by atoms with van der Waals surface area (Å²) in [5.41, 5.74) is 6.27. The van der Waals surface area contributed by atoms with Crippen molar-refractivity contribution in [1.82, 2.24) is 5.32 Å². The second-order valence-electron chi connectivity index (χ2n) is 3.80. The second-order valence-corrected chi connectivity index (χ2v) is 4.82. The summed E-state index contributed by atoms with van der Waals surface area (Å²) in [6.07, 6.45) is 1.65. The van der Waals surface area contributed by atoms with Crippen molar-refractivity contribution in [3.05, 3.63) is 23.1 Å². The molecule has 1 heterocycles. The van der Waals surface area contributed by atoms with E-state index in [2.05, 4.69) is 17.2 Å². The quantitative estimate of drug-likeness (QED) is 0.527. The van der Waals surface area contributed by atoms with Crippen molar-refractivity contribution in [2.45, 2.75) is 13.8 Å². The molecule has 1 aromatic rings. The van der Waals surface area contributed by atoms with E-state index in [0.717, 1.165) is 11.3 Å². The maximum atomic E-state index is 12.0. The molecule has 0 aliphatic rings. The van der Waals surface area contributed by atoms with E-state index in [4.69, 9.17) is 10.5 Å². The molecule has 1 aromatic heterocycles. The second kappa shape index (κ2) is 7.54. The highest BCUT2D eigenvalue weighted by Gasteiger charge is 2.26. The van der Waals surface area contributed by atoms with Crippen LogP contribution in [0.4, 0.5) is 10.7 Å². The highest BCUT2D eigenvalue weighted by molar-refractivity contribution is 7.19. The van der Waals surface area contributed by atoms with Gasteiger partial charge in [0.05, 0.1) is 12.3 Å². The number of carbonyl (C=O) groups is 2. The molecule has 0 saturated carbocycles. The molecule has 1 rings (SSSR count). The molecular weight excluding hydrogens is 278 g/mol. The number of nitrogen functional groups attached to an aromatic ring is 1. The predicted molar refractivity (Wildman–Crippen MR) is 81.4 cm³/mol. The summed E-state index contributed by atoms with van der Waals surface area (Å²) < 4.78 is 4.97. The van der Waals surface area contributed by atoms with E-state index in [1.165, 1.54) is 0 Å². The summed E-state index contributed by atoms with van der Waals surface area (Å²) in [7, 11) is 0. The molecule has 1 amide bonds. The van der Waals surface area contributed by atoms with Crippen molar-refractivity contribution in [2.24, 2.45) is 0 Å². The summed E-state index contributed by atoms with van der Waals surface area (Å²) in [4.78, 5) is 24.2. The predicted octanol–water partition coefficient (Wildman–Crippen LogP) is 1.85. The monoisotopic (exact) mass is 297 g/mol. The number of nitrogens with one attached hydrogen (secondary N) is 2. The Morgan fingerprint density at radius 3 is 2.70 bits per heavy atom. The first-order valence-electron chi connectivity index (χ1n) is 6.29. The number of hydrogen-bond donors (Lipinski definition) is 3. The smallest absolute Gasteiger partial charge is 0.343 e. The molecule has 0 spiro atoms. The van der Waals surface area contributed by atoms with Crippen LogP contribution in [0.1, 0.15) is 33.9 Å². The van der Waals surface area contributed by atoms with E-state index < -0.39 is 5.97 Å². The van der Waals surface area contributed by atoms with Gasteiger partial charge in [-0.05, 0) is 13.8 Å². The lowest BCUT2D eigenvalue weighted by Crippen LogP contribution is -2.22. The van der Waals surface area contributed by atoms with E-state index in [9.17, 15) is 9.59 Å². The van der Waals surface area contributed by atoms with E-state index in [0.29, 0.717) is 23.0 Å². The summed E-state index contributed by atoms with van der Waals surface area (Å²) in [6, 6.07) is 0. The first-order chi connectivity index (χ1) is 9.56. The number of anilines is 2. The Kier molecular flexibility index (Phi) is 6.05. The molecule has 0 aliphatic carbocycles. The number of thiophene rings is 1. The van der Waals surface area contributed by atoms with Gasteiger partial charge in [-0.25, -0.2) is 4.79 Å². The van der Waals surface area contributed by atoms with Crippen LogP contribution in [0.3, 0.4) is 0 Å². The number of nitrogens with two attached hydrogens (primary N) is 1. The number of rotatable bonds is 7. The fourth-order valence-corrected chi connectivity index (χ4v) is 2.58. The van der Waals surface area contributed by atoms with Gasteiger partial charge in [-0.2, -0.15) is 0 Å². The lowest BCUT2D eigenvalue weighted by atomic mass is 10.2. The molecule has 7 heteroatoms. The zero-order chi connectivity index (χ0) is 15.1. The van der Waals surface area contributed by atoms with Gasteiger partial charge in [-0.1, -0.05) is 6.08 Å². The number of esters is 1. The summed E-state index contributed by atoms with van der Waals surface area (Å²) in [5, 5.41) is 6.18. The Morgan fingerprint density at radius 2 is 2.15 bits per heavy atom. The van der Waals surface area contributed by atoms with Gasteiger partial charge in [0.25, 0.3) is 5.91 Å². The molecule has 0 aromatic carbocycles. The standard InChI is InChI=1S/C13H19N3O3S/c1-4-7-16-12-8(13(18)19-6-3)9(14)10(20-12)11(17)15-5-2/h4,16H,1,5-7,14H2,2-3H3,(H,15,17). The van der Waals surface area contributed by atoms with Crippen molar-refractivity contribution in [1.29, 1.82) is 0 Å².